The molecule has 7 nitrogen and oxygen atoms in total. The summed E-state index contributed by atoms with van der Waals surface area (Å²) in [5.74, 6) is 0.767. The van der Waals surface area contributed by atoms with Gasteiger partial charge in [-0.2, -0.15) is 10.2 Å². The van der Waals surface area contributed by atoms with Crippen molar-refractivity contribution in [2.24, 2.45) is 15.9 Å². The van der Waals surface area contributed by atoms with E-state index in [0.717, 1.165) is 43.8 Å². The molecule has 1 aromatic heterocycles. The lowest BCUT2D eigenvalue weighted by Gasteiger charge is -2.32. The quantitative estimate of drug-likeness (QED) is 0.0851. The highest BCUT2D eigenvalue weighted by molar-refractivity contribution is 7.07. The highest BCUT2D eigenvalue weighted by Crippen LogP contribution is 2.25. The van der Waals surface area contributed by atoms with E-state index in [0.29, 0.717) is 0 Å². The van der Waals surface area contributed by atoms with E-state index < -0.39 is 8.32 Å². The van der Waals surface area contributed by atoms with Crippen molar-refractivity contribution in [3.8, 4) is 22.7 Å². The number of benzene rings is 5. The third-order valence-corrected chi connectivity index (χ3v) is 11.2. The molecule has 0 amide bonds. The number of nitrogens with zero attached hydrogens (tertiary/aromatic N) is 4. The summed E-state index contributed by atoms with van der Waals surface area (Å²) in [5, 5.41) is 16.7. The number of ether oxygens (including phenoxy) is 1. The van der Waals surface area contributed by atoms with E-state index in [1.165, 1.54) is 0 Å². The molecule has 2 N–H and O–H groups in total. The molecule has 0 aliphatic rings. The Kier molecular flexibility index (Phi) is 8.43. The first-order valence-corrected chi connectivity index (χ1v) is 16.1. The van der Waals surface area contributed by atoms with Gasteiger partial charge >= 0.3 is 8.32 Å². The minimum absolute atomic E-state index is 0.0223. The second-order valence-electron chi connectivity index (χ2n) is 10.0. The van der Waals surface area contributed by atoms with Gasteiger partial charge in [0, 0.05) is 17.3 Å². The fourth-order valence-corrected chi connectivity index (χ4v) is 8.88. The van der Waals surface area contributed by atoms with Crippen molar-refractivity contribution in [3.05, 3.63) is 157 Å². The molecule has 5 aromatic carbocycles. The molecule has 216 valence electrons. The summed E-state index contributed by atoms with van der Waals surface area (Å²) in [6.07, 6.45) is 3.57. The van der Waals surface area contributed by atoms with Crippen molar-refractivity contribution in [1.82, 2.24) is 9.78 Å². The Balaban J connectivity index is 1.39. The second-order valence-corrected chi connectivity index (χ2v) is 13.3. The van der Waals surface area contributed by atoms with Gasteiger partial charge < -0.3 is 14.9 Å². The van der Waals surface area contributed by atoms with Crippen molar-refractivity contribution in [2.75, 3.05) is 7.11 Å². The molecule has 0 saturated carbocycles. The van der Waals surface area contributed by atoms with Crippen LogP contribution in [0.2, 0.25) is 0 Å². The van der Waals surface area contributed by atoms with E-state index in [-0.39, 0.29) is 6.02 Å². The van der Waals surface area contributed by atoms with E-state index in [9.17, 15) is 0 Å². The Morgan fingerprint density at radius 1 is 0.705 bits per heavy atom. The topological polar surface area (TPSA) is 87.0 Å². The highest BCUT2D eigenvalue weighted by Gasteiger charge is 2.44. The largest absolute Gasteiger partial charge is 0.504 e. The van der Waals surface area contributed by atoms with Crippen LogP contribution in [0.25, 0.3) is 16.9 Å². The molecule has 0 aliphatic heterocycles. The fourth-order valence-electron chi connectivity index (χ4n) is 5.19. The van der Waals surface area contributed by atoms with Crippen molar-refractivity contribution >= 4 is 36.1 Å². The zero-order valence-corrected chi connectivity index (χ0v) is 25.2. The predicted molar refractivity (Wildman–Crippen MR) is 180 cm³/mol. The number of rotatable bonds is 9. The van der Waals surface area contributed by atoms with Crippen molar-refractivity contribution < 1.29 is 9.16 Å². The van der Waals surface area contributed by atoms with E-state index in [4.69, 9.17) is 20.0 Å². The summed E-state index contributed by atoms with van der Waals surface area (Å²) in [6.45, 7) is 0. The number of aromatic nitrogens is 2. The van der Waals surface area contributed by atoms with Crippen LogP contribution >= 0.6 is 0 Å². The highest BCUT2D eigenvalue weighted by atomic mass is 28.4. The molecule has 0 saturated heterocycles. The number of amidine groups is 1. The van der Waals surface area contributed by atoms with E-state index >= 15 is 0 Å². The first-order valence-electron chi connectivity index (χ1n) is 14.2. The zero-order chi connectivity index (χ0) is 30.2. The fraction of sp³-hybridized carbons (Fsp3) is 0.0278. The Bertz CT molecular complexity index is 1760. The van der Waals surface area contributed by atoms with Crippen LogP contribution in [0.3, 0.4) is 0 Å². The van der Waals surface area contributed by atoms with Crippen molar-refractivity contribution in [2.45, 2.75) is 0 Å². The molecular formula is C36H31N5O2Si. The third-order valence-electron chi connectivity index (χ3n) is 7.28. The Morgan fingerprint density at radius 3 is 1.70 bits per heavy atom. The minimum atomic E-state index is -3.09. The normalized spacial score (nSPS) is 11.9. The monoisotopic (exact) mass is 593 g/mol. The number of nitrogens with two attached hydrogens (primary N) is 1. The smallest absolute Gasteiger partial charge is 0.350 e. The lowest BCUT2D eigenvalue weighted by Crippen LogP contribution is -2.70. The predicted octanol–water partition coefficient (Wildman–Crippen LogP) is 4.88. The maximum absolute atomic E-state index is 6.77. The van der Waals surface area contributed by atoms with Gasteiger partial charge in [-0.15, -0.1) is 0 Å². The Hall–Kier alpha value is -5.73. The van der Waals surface area contributed by atoms with E-state index in [2.05, 4.69) is 46.6 Å². The molecule has 0 aliphatic carbocycles. The lowest BCUT2D eigenvalue weighted by molar-refractivity contribution is 0.415. The molecule has 0 radical (unpaired) electrons. The minimum Gasteiger partial charge on any atom is -0.504 e. The van der Waals surface area contributed by atoms with E-state index in [1.807, 2.05) is 120 Å². The van der Waals surface area contributed by atoms with Crippen LogP contribution in [0.5, 0.6) is 5.75 Å². The standard InChI is InChI=1S/C36H31N5O2Si/c1-42-31-24-22-28(23-25-31)35-29(27-41(40-35)30-14-6-2-7-15-30)26-38-39-36(37)43-44(32-16-8-3-9-17-32,33-18-10-4-11-19-33)34-20-12-5-13-21-34/h2-27H,1H3,(H2,37,39)/b38-26+. The molecule has 0 unspecified atom stereocenters. The van der Waals surface area contributed by atoms with Gasteiger partial charge in [-0.3, -0.25) is 0 Å². The maximum atomic E-state index is 6.77. The molecule has 0 fully saturated rings. The lowest BCUT2D eigenvalue weighted by atomic mass is 10.1. The summed E-state index contributed by atoms with van der Waals surface area (Å²) in [4.78, 5) is 0. The van der Waals surface area contributed by atoms with Gasteiger partial charge in [-0.25, -0.2) is 4.68 Å². The summed E-state index contributed by atoms with van der Waals surface area (Å²) < 4.78 is 13.9. The van der Waals surface area contributed by atoms with Gasteiger partial charge in [0.05, 0.1) is 19.0 Å². The van der Waals surface area contributed by atoms with Gasteiger partial charge in [-0.1, -0.05) is 114 Å². The molecule has 0 spiro atoms. The van der Waals surface area contributed by atoms with Gasteiger partial charge in [0.2, 0.25) is 0 Å². The van der Waals surface area contributed by atoms with Gasteiger partial charge in [0.25, 0.3) is 6.02 Å². The molecule has 8 heteroatoms. The van der Waals surface area contributed by atoms with Crippen LogP contribution in [0.1, 0.15) is 5.56 Å². The average molecular weight is 594 g/mol. The van der Waals surface area contributed by atoms with Gasteiger partial charge in [0.15, 0.2) is 0 Å². The number of para-hydroxylation sites is 1. The Labute approximate surface area is 257 Å². The summed E-state index contributed by atoms with van der Waals surface area (Å²) >= 11 is 0. The average Bonchev–Trinajstić information content (AvgIpc) is 3.53. The molecule has 0 atom stereocenters. The number of hydrogen-bond donors (Lipinski definition) is 1. The summed E-state index contributed by atoms with van der Waals surface area (Å²) in [7, 11) is -1.44. The first kappa shape index (κ1) is 28.4. The molecule has 6 rings (SSSR count). The molecule has 6 aromatic rings. The van der Waals surface area contributed by atoms with Crippen LogP contribution in [0.15, 0.2) is 162 Å². The number of hydrogen-bond acceptors (Lipinski definition) is 5. The first-order chi connectivity index (χ1) is 21.7. The Morgan fingerprint density at radius 2 is 1.20 bits per heavy atom. The third kappa shape index (κ3) is 5.92. The molecular weight excluding hydrogens is 563 g/mol. The van der Waals surface area contributed by atoms with Crippen LogP contribution in [-0.2, 0) is 4.43 Å². The van der Waals surface area contributed by atoms with Crippen LogP contribution in [0, 0.1) is 0 Å². The molecule has 0 bridgehead atoms. The van der Waals surface area contributed by atoms with E-state index in [1.54, 1.807) is 13.3 Å². The zero-order valence-electron chi connectivity index (χ0n) is 24.2. The van der Waals surface area contributed by atoms with Crippen LogP contribution < -0.4 is 26.0 Å². The summed E-state index contributed by atoms with van der Waals surface area (Å²) in [5.41, 5.74) is 9.89. The number of methoxy groups -OCH3 is 1. The molecule has 1 heterocycles. The SMILES string of the molecule is COc1ccc(-c2nn(-c3ccccc3)cc2/C=N/N=C(/N)O[Si](c2ccccc2)(c2ccccc2)c2ccccc2)cc1. The van der Waals surface area contributed by atoms with Gasteiger partial charge in [0.1, 0.15) is 11.4 Å². The van der Waals surface area contributed by atoms with Crippen molar-refractivity contribution in [1.29, 1.82) is 0 Å². The second kappa shape index (κ2) is 13.1. The van der Waals surface area contributed by atoms with Crippen molar-refractivity contribution in [3.63, 3.8) is 0 Å². The molecule has 44 heavy (non-hydrogen) atoms. The van der Waals surface area contributed by atoms with Gasteiger partial charge in [-0.05, 0) is 52.0 Å². The van der Waals surface area contributed by atoms with Crippen LogP contribution in [0.4, 0.5) is 0 Å². The maximum Gasteiger partial charge on any atom is 0.350 e. The summed E-state index contributed by atoms with van der Waals surface area (Å²) in [6, 6.07) is 48.2. The van der Waals surface area contributed by atoms with Crippen LogP contribution in [-0.4, -0.2) is 37.4 Å².